The fraction of sp³-hybridized carbons (Fsp3) is 0.385. The highest BCUT2D eigenvalue weighted by atomic mass is 32.1. The molecule has 0 bridgehead atoms. The maximum absolute atomic E-state index is 12.7. The fourth-order valence-corrected chi connectivity index (χ4v) is 4.06. The van der Waals surface area contributed by atoms with E-state index >= 15 is 0 Å². The lowest BCUT2D eigenvalue weighted by Crippen LogP contribution is -2.60. The molecule has 180 valence electrons. The van der Waals surface area contributed by atoms with Crippen molar-refractivity contribution in [2.75, 3.05) is 19.7 Å². The van der Waals surface area contributed by atoms with Crippen LogP contribution in [0.25, 0.3) is 0 Å². The first-order valence-corrected chi connectivity index (χ1v) is 11.9. The van der Waals surface area contributed by atoms with Crippen LogP contribution in [0, 0.1) is 0 Å². The molecule has 1 unspecified atom stereocenters. The van der Waals surface area contributed by atoms with E-state index in [-0.39, 0.29) is 30.0 Å². The van der Waals surface area contributed by atoms with Gasteiger partial charge in [0.2, 0.25) is 5.91 Å². The standard InChI is InChI=1S/C26H31N3O4S/c1-18(2)20-10-12-21(13-11-20)24(31)28-26(34)29-15-14-27-25(32)22(29)17-23(30)33-16-6-9-19-7-4-3-5-8-19/h3-5,7-8,10-13,18,22H,6,9,14-17H2,1-2H3,(H,27,32)(H,28,31,34). The van der Waals surface area contributed by atoms with E-state index in [0.717, 1.165) is 12.0 Å². The molecule has 34 heavy (non-hydrogen) atoms. The number of esters is 1. The molecule has 1 saturated heterocycles. The van der Waals surface area contributed by atoms with Gasteiger partial charge < -0.3 is 15.0 Å². The second-order valence-electron chi connectivity index (χ2n) is 8.55. The number of hydrogen-bond donors (Lipinski definition) is 2. The SMILES string of the molecule is CC(C)c1ccc(C(=O)NC(=S)N2CCNC(=O)C2CC(=O)OCCCc2ccccc2)cc1. The highest BCUT2D eigenvalue weighted by molar-refractivity contribution is 7.80. The summed E-state index contributed by atoms with van der Waals surface area (Å²) in [6.07, 6.45) is 1.36. The minimum absolute atomic E-state index is 0.120. The van der Waals surface area contributed by atoms with Crippen molar-refractivity contribution in [3.63, 3.8) is 0 Å². The second kappa shape index (κ2) is 12.3. The number of nitrogens with zero attached hydrogens (tertiary/aromatic N) is 1. The molecule has 0 aliphatic carbocycles. The van der Waals surface area contributed by atoms with Crippen molar-refractivity contribution < 1.29 is 19.1 Å². The van der Waals surface area contributed by atoms with Crippen LogP contribution in [0.4, 0.5) is 0 Å². The molecule has 1 aliphatic rings. The van der Waals surface area contributed by atoms with Gasteiger partial charge >= 0.3 is 5.97 Å². The summed E-state index contributed by atoms with van der Waals surface area (Å²) in [5, 5.41) is 5.57. The molecule has 2 N–H and O–H groups in total. The van der Waals surface area contributed by atoms with E-state index in [9.17, 15) is 14.4 Å². The Balaban J connectivity index is 1.52. The lowest BCUT2D eigenvalue weighted by molar-refractivity contribution is -0.147. The predicted molar refractivity (Wildman–Crippen MR) is 134 cm³/mol. The summed E-state index contributed by atoms with van der Waals surface area (Å²) < 4.78 is 5.35. The predicted octanol–water partition coefficient (Wildman–Crippen LogP) is 3.19. The molecule has 0 aromatic heterocycles. The minimum Gasteiger partial charge on any atom is -0.466 e. The normalized spacial score (nSPS) is 15.6. The van der Waals surface area contributed by atoms with Gasteiger partial charge in [0.25, 0.3) is 5.91 Å². The minimum atomic E-state index is -0.827. The zero-order valence-corrected chi connectivity index (χ0v) is 20.4. The van der Waals surface area contributed by atoms with Crippen LogP contribution in [-0.4, -0.2) is 53.5 Å². The van der Waals surface area contributed by atoms with Gasteiger partial charge in [-0.15, -0.1) is 0 Å². The average molecular weight is 482 g/mol. The van der Waals surface area contributed by atoms with Gasteiger partial charge in [-0.1, -0.05) is 56.3 Å². The molecular weight excluding hydrogens is 450 g/mol. The Labute approximate surface area is 205 Å². The Morgan fingerprint density at radius 3 is 2.53 bits per heavy atom. The van der Waals surface area contributed by atoms with Gasteiger partial charge in [0.15, 0.2) is 5.11 Å². The average Bonchev–Trinajstić information content (AvgIpc) is 2.83. The van der Waals surface area contributed by atoms with Gasteiger partial charge in [-0.25, -0.2) is 0 Å². The maximum Gasteiger partial charge on any atom is 0.308 e. The number of aryl methyl sites for hydroxylation is 1. The van der Waals surface area contributed by atoms with Crippen LogP contribution >= 0.6 is 12.2 Å². The van der Waals surface area contributed by atoms with Gasteiger partial charge in [-0.3, -0.25) is 19.7 Å². The number of hydrogen-bond acceptors (Lipinski definition) is 5. The van der Waals surface area contributed by atoms with Crippen molar-refractivity contribution in [2.45, 2.75) is 45.1 Å². The summed E-state index contributed by atoms with van der Waals surface area (Å²) in [5.41, 5.74) is 2.79. The molecule has 2 aromatic carbocycles. The Morgan fingerprint density at radius 2 is 1.85 bits per heavy atom. The third kappa shape index (κ3) is 7.12. The Hall–Kier alpha value is -3.26. The quantitative estimate of drug-likeness (QED) is 0.342. The van der Waals surface area contributed by atoms with E-state index < -0.39 is 12.0 Å². The monoisotopic (exact) mass is 481 g/mol. The van der Waals surface area contributed by atoms with Crippen molar-refractivity contribution in [3.05, 3.63) is 71.3 Å². The fourth-order valence-electron chi connectivity index (χ4n) is 3.74. The molecule has 0 spiro atoms. The number of piperazine rings is 1. The molecule has 1 heterocycles. The lowest BCUT2D eigenvalue weighted by Gasteiger charge is -2.36. The molecule has 1 aliphatic heterocycles. The van der Waals surface area contributed by atoms with Gasteiger partial charge in [0.1, 0.15) is 6.04 Å². The highest BCUT2D eigenvalue weighted by Gasteiger charge is 2.34. The molecule has 1 fully saturated rings. The first-order chi connectivity index (χ1) is 16.3. The van der Waals surface area contributed by atoms with E-state index in [4.69, 9.17) is 17.0 Å². The van der Waals surface area contributed by atoms with Crippen LogP contribution in [0.1, 0.15) is 54.1 Å². The van der Waals surface area contributed by atoms with Gasteiger partial charge in [-0.05, 0) is 54.2 Å². The molecular formula is C26H31N3O4S. The maximum atomic E-state index is 12.7. The van der Waals surface area contributed by atoms with E-state index in [0.29, 0.717) is 31.0 Å². The summed E-state index contributed by atoms with van der Waals surface area (Å²) >= 11 is 5.42. The lowest BCUT2D eigenvalue weighted by atomic mass is 10.0. The molecule has 0 radical (unpaired) electrons. The smallest absolute Gasteiger partial charge is 0.308 e. The number of amides is 2. The van der Waals surface area contributed by atoms with Crippen LogP contribution in [-0.2, 0) is 20.7 Å². The number of ether oxygens (including phenoxy) is 1. The molecule has 0 saturated carbocycles. The number of thiocarbonyl (C=S) groups is 1. The van der Waals surface area contributed by atoms with Gasteiger partial charge in [0, 0.05) is 18.7 Å². The van der Waals surface area contributed by atoms with E-state index in [1.54, 1.807) is 17.0 Å². The third-order valence-corrected chi connectivity index (χ3v) is 6.06. The van der Waals surface area contributed by atoms with E-state index in [1.165, 1.54) is 5.56 Å². The number of carbonyl (C=O) groups is 3. The molecule has 2 amide bonds. The van der Waals surface area contributed by atoms with Crippen molar-refractivity contribution in [1.29, 1.82) is 0 Å². The zero-order chi connectivity index (χ0) is 24.5. The first kappa shape index (κ1) is 25.4. The third-order valence-electron chi connectivity index (χ3n) is 5.73. The van der Waals surface area contributed by atoms with Gasteiger partial charge in [0.05, 0.1) is 13.0 Å². The summed E-state index contributed by atoms with van der Waals surface area (Å²) in [6, 6.07) is 16.5. The molecule has 2 aromatic rings. The highest BCUT2D eigenvalue weighted by Crippen LogP contribution is 2.15. The largest absolute Gasteiger partial charge is 0.466 e. The number of nitrogens with one attached hydrogen (secondary N) is 2. The molecule has 3 rings (SSSR count). The number of benzene rings is 2. The van der Waals surface area contributed by atoms with Gasteiger partial charge in [-0.2, -0.15) is 0 Å². The first-order valence-electron chi connectivity index (χ1n) is 11.5. The topological polar surface area (TPSA) is 87.7 Å². The van der Waals surface area contributed by atoms with Crippen LogP contribution in [0.3, 0.4) is 0 Å². The van der Waals surface area contributed by atoms with Crippen LogP contribution in [0.2, 0.25) is 0 Å². The van der Waals surface area contributed by atoms with Crippen LogP contribution in [0.5, 0.6) is 0 Å². The van der Waals surface area contributed by atoms with Crippen molar-refractivity contribution in [1.82, 2.24) is 15.5 Å². The Kier molecular flexibility index (Phi) is 9.16. The summed E-state index contributed by atoms with van der Waals surface area (Å²) in [7, 11) is 0. The van der Waals surface area contributed by atoms with Crippen molar-refractivity contribution in [3.8, 4) is 0 Å². The van der Waals surface area contributed by atoms with Crippen molar-refractivity contribution in [2.24, 2.45) is 0 Å². The summed E-state index contributed by atoms with van der Waals surface area (Å²) in [6.45, 7) is 5.21. The Bertz CT molecular complexity index is 1010. The number of carbonyl (C=O) groups excluding carboxylic acids is 3. The zero-order valence-electron chi connectivity index (χ0n) is 19.6. The van der Waals surface area contributed by atoms with Crippen LogP contribution in [0.15, 0.2) is 54.6 Å². The van der Waals surface area contributed by atoms with E-state index in [1.807, 2.05) is 42.5 Å². The number of rotatable bonds is 8. The molecule has 1 atom stereocenters. The Morgan fingerprint density at radius 1 is 1.15 bits per heavy atom. The molecule has 7 nitrogen and oxygen atoms in total. The summed E-state index contributed by atoms with van der Waals surface area (Å²) in [5.74, 6) is -0.777. The summed E-state index contributed by atoms with van der Waals surface area (Å²) in [4.78, 5) is 39.1. The van der Waals surface area contributed by atoms with Crippen molar-refractivity contribution >= 4 is 35.1 Å². The molecule has 8 heteroatoms. The van der Waals surface area contributed by atoms with Crippen LogP contribution < -0.4 is 10.6 Å². The second-order valence-corrected chi connectivity index (χ2v) is 8.94. The van der Waals surface area contributed by atoms with E-state index in [2.05, 4.69) is 24.5 Å².